The van der Waals surface area contributed by atoms with Gasteiger partial charge in [0.1, 0.15) is 0 Å². The number of rotatable bonds is 6. The lowest BCUT2D eigenvalue weighted by molar-refractivity contribution is -0.172. The van der Waals surface area contributed by atoms with Crippen molar-refractivity contribution < 1.29 is 28.6 Å². The molecule has 1 aliphatic heterocycles. The third kappa shape index (κ3) is 2.94. The van der Waals surface area contributed by atoms with E-state index in [1.807, 2.05) is 0 Å². The number of esters is 3. The fourth-order valence-corrected chi connectivity index (χ4v) is 7.10. The Morgan fingerprint density at radius 3 is 2.07 bits per heavy atom. The molecule has 0 aromatic rings. The van der Waals surface area contributed by atoms with Gasteiger partial charge in [-0.05, 0) is 55.3 Å². The Morgan fingerprint density at radius 1 is 0.964 bits per heavy atom. The maximum Gasteiger partial charge on any atom is 0.347 e. The molecule has 9 atom stereocenters. The van der Waals surface area contributed by atoms with Gasteiger partial charge in [-0.25, -0.2) is 4.79 Å². The summed E-state index contributed by atoms with van der Waals surface area (Å²) >= 11 is 0. The Kier molecular flexibility index (Phi) is 5.41. The first-order valence-electron chi connectivity index (χ1n) is 11.0. The summed E-state index contributed by atoms with van der Waals surface area (Å²) < 4.78 is 15.9. The molecular formula is C22H32O6. The lowest BCUT2D eigenvalue weighted by Gasteiger charge is -2.39. The second-order valence-corrected chi connectivity index (χ2v) is 8.98. The summed E-state index contributed by atoms with van der Waals surface area (Å²) in [5.41, 5.74) is 0. The van der Waals surface area contributed by atoms with Gasteiger partial charge in [0.25, 0.3) is 0 Å². The Bertz CT molecular complexity index is 645. The zero-order chi connectivity index (χ0) is 20.0. The molecule has 9 unspecified atom stereocenters. The molecule has 0 aromatic heterocycles. The maximum atomic E-state index is 13.2. The Labute approximate surface area is 166 Å². The van der Waals surface area contributed by atoms with E-state index in [1.54, 1.807) is 6.92 Å². The van der Waals surface area contributed by atoms with Crippen molar-refractivity contribution >= 4 is 17.9 Å². The highest BCUT2D eigenvalue weighted by Gasteiger charge is 2.67. The van der Waals surface area contributed by atoms with Crippen molar-refractivity contribution in [1.82, 2.24) is 0 Å². The molecule has 4 rings (SSSR count). The zero-order valence-electron chi connectivity index (χ0n) is 17.1. The number of hydrogen-bond acceptors (Lipinski definition) is 6. The van der Waals surface area contributed by atoms with Crippen molar-refractivity contribution in [2.24, 2.45) is 47.3 Å². The number of hydrogen-bond donors (Lipinski definition) is 0. The van der Waals surface area contributed by atoms with E-state index in [0.29, 0.717) is 36.7 Å². The van der Waals surface area contributed by atoms with E-state index in [9.17, 15) is 14.4 Å². The van der Waals surface area contributed by atoms with Crippen LogP contribution >= 0.6 is 0 Å². The molecule has 1 saturated heterocycles. The van der Waals surface area contributed by atoms with E-state index in [4.69, 9.17) is 14.2 Å². The molecule has 2 bridgehead atoms. The van der Waals surface area contributed by atoms with Crippen LogP contribution in [0.4, 0.5) is 0 Å². The highest BCUT2D eigenvalue weighted by molar-refractivity contribution is 5.86. The minimum absolute atomic E-state index is 0.163. The Balaban J connectivity index is 1.61. The lowest BCUT2D eigenvalue weighted by atomic mass is 9.65. The van der Waals surface area contributed by atoms with Crippen LogP contribution in [0.25, 0.3) is 0 Å². The largest absolute Gasteiger partial charge is 0.466 e. The minimum atomic E-state index is -0.820. The summed E-state index contributed by atoms with van der Waals surface area (Å²) in [6, 6.07) is 0. The van der Waals surface area contributed by atoms with E-state index < -0.39 is 29.9 Å². The van der Waals surface area contributed by atoms with Crippen LogP contribution in [0.15, 0.2) is 0 Å². The van der Waals surface area contributed by atoms with Crippen LogP contribution in [-0.4, -0.2) is 37.2 Å². The van der Waals surface area contributed by atoms with Gasteiger partial charge in [-0.2, -0.15) is 0 Å². The van der Waals surface area contributed by atoms with Crippen molar-refractivity contribution in [3.05, 3.63) is 0 Å². The fraction of sp³-hybridized carbons (Fsp3) is 0.864. The number of carbonyl (C=O) groups excluding carboxylic acids is 3. The SMILES string of the molecule is CCOC(=O)C1C2CC(C1C(=O)OC1CCOC1=O)C1C(CC)CC(CC)C21. The monoisotopic (exact) mass is 392 g/mol. The van der Waals surface area contributed by atoms with Crippen LogP contribution in [0.1, 0.15) is 52.9 Å². The summed E-state index contributed by atoms with van der Waals surface area (Å²) in [5, 5.41) is 0. The average molecular weight is 392 g/mol. The van der Waals surface area contributed by atoms with Gasteiger partial charge in [0, 0.05) is 6.42 Å². The predicted molar refractivity (Wildman–Crippen MR) is 99.8 cm³/mol. The molecule has 0 amide bonds. The molecule has 3 saturated carbocycles. The van der Waals surface area contributed by atoms with Gasteiger partial charge >= 0.3 is 17.9 Å². The molecule has 0 N–H and O–H groups in total. The van der Waals surface area contributed by atoms with Crippen LogP contribution in [0.2, 0.25) is 0 Å². The highest BCUT2D eigenvalue weighted by atomic mass is 16.6. The van der Waals surface area contributed by atoms with Crippen LogP contribution in [0.5, 0.6) is 0 Å². The molecule has 1 heterocycles. The van der Waals surface area contributed by atoms with E-state index in [2.05, 4.69) is 13.8 Å². The molecule has 6 nitrogen and oxygen atoms in total. The topological polar surface area (TPSA) is 78.9 Å². The van der Waals surface area contributed by atoms with Gasteiger partial charge in [-0.1, -0.05) is 26.7 Å². The van der Waals surface area contributed by atoms with Gasteiger partial charge in [0.2, 0.25) is 6.10 Å². The molecule has 4 fully saturated rings. The van der Waals surface area contributed by atoms with Gasteiger partial charge < -0.3 is 14.2 Å². The lowest BCUT2D eigenvalue weighted by Crippen LogP contribution is -2.45. The van der Waals surface area contributed by atoms with Gasteiger partial charge in [-0.3, -0.25) is 9.59 Å². The quantitative estimate of drug-likeness (QED) is 0.511. The maximum absolute atomic E-state index is 13.2. The standard InChI is InChI=1S/C22H32O6/c1-4-11-9-12(5-2)17-14-10-13(16(11)17)18(21(24)26-6-3)19(14)22(25)28-15-7-8-27-20(15)23/h11-19H,4-10H2,1-3H3. The molecule has 6 heteroatoms. The van der Waals surface area contributed by atoms with Crippen LogP contribution in [0, 0.1) is 47.3 Å². The predicted octanol–water partition coefficient (Wildman–Crippen LogP) is 2.98. The molecule has 4 aliphatic rings. The minimum Gasteiger partial charge on any atom is -0.466 e. The number of fused-ring (bicyclic) bond motifs is 5. The molecule has 0 aromatic carbocycles. The first-order valence-corrected chi connectivity index (χ1v) is 11.0. The third-order valence-corrected chi connectivity index (χ3v) is 8.01. The first-order chi connectivity index (χ1) is 13.5. The van der Waals surface area contributed by atoms with Crippen LogP contribution in [0.3, 0.4) is 0 Å². The van der Waals surface area contributed by atoms with Gasteiger partial charge in [0.05, 0.1) is 25.0 Å². The normalized spacial score (nSPS) is 43.7. The van der Waals surface area contributed by atoms with Crippen LogP contribution in [-0.2, 0) is 28.6 Å². The first kappa shape index (κ1) is 19.7. The molecule has 156 valence electrons. The highest BCUT2D eigenvalue weighted by Crippen LogP contribution is 2.67. The van der Waals surface area contributed by atoms with Crippen molar-refractivity contribution in [2.75, 3.05) is 13.2 Å². The van der Waals surface area contributed by atoms with Crippen LogP contribution < -0.4 is 0 Å². The molecule has 3 aliphatic carbocycles. The van der Waals surface area contributed by atoms with E-state index in [1.165, 1.54) is 6.42 Å². The molecule has 28 heavy (non-hydrogen) atoms. The Hall–Kier alpha value is -1.59. The second-order valence-electron chi connectivity index (χ2n) is 8.98. The summed E-state index contributed by atoms with van der Waals surface area (Å²) in [7, 11) is 0. The summed E-state index contributed by atoms with van der Waals surface area (Å²) in [6.07, 6.45) is 3.92. The third-order valence-electron chi connectivity index (χ3n) is 8.01. The van der Waals surface area contributed by atoms with E-state index in [-0.39, 0.29) is 24.4 Å². The second kappa shape index (κ2) is 7.68. The summed E-state index contributed by atoms with van der Waals surface area (Å²) in [4.78, 5) is 37.8. The van der Waals surface area contributed by atoms with Crippen molar-refractivity contribution in [3.8, 4) is 0 Å². The van der Waals surface area contributed by atoms with Gasteiger partial charge in [-0.15, -0.1) is 0 Å². The summed E-state index contributed by atoms with van der Waals surface area (Å²) in [5.74, 6) is 0.544. The zero-order valence-corrected chi connectivity index (χ0v) is 17.1. The summed E-state index contributed by atoms with van der Waals surface area (Å²) in [6.45, 7) is 6.87. The van der Waals surface area contributed by atoms with Crippen molar-refractivity contribution in [3.63, 3.8) is 0 Å². The van der Waals surface area contributed by atoms with E-state index in [0.717, 1.165) is 19.3 Å². The van der Waals surface area contributed by atoms with Gasteiger partial charge in [0.15, 0.2) is 0 Å². The Morgan fingerprint density at radius 2 is 1.57 bits per heavy atom. The smallest absolute Gasteiger partial charge is 0.347 e. The van der Waals surface area contributed by atoms with Crippen molar-refractivity contribution in [2.45, 2.75) is 59.0 Å². The number of carbonyl (C=O) groups is 3. The number of ether oxygens (including phenoxy) is 3. The molecule has 0 spiro atoms. The average Bonchev–Trinajstić information content (AvgIpc) is 3.42. The van der Waals surface area contributed by atoms with Crippen molar-refractivity contribution in [1.29, 1.82) is 0 Å². The van der Waals surface area contributed by atoms with E-state index >= 15 is 0 Å². The molecule has 0 radical (unpaired) electrons. The molecular weight excluding hydrogens is 360 g/mol. The number of cyclic esters (lactones) is 1. The fourth-order valence-electron chi connectivity index (χ4n) is 7.10.